The first kappa shape index (κ1) is 24.9. The van der Waals surface area contributed by atoms with E-state index in [4.69, 9.17) is 15.0 Å². The van der Waals surface area contributed by atoms with Gasteiger partial charge >= 0.3 is 0 Å². The molecule has 1 aromatic rings. The fraction of sp³-hybridized carbons (Fsp3) is 0.762. The number of methoxy groups -OCH3 is 1. The van der Waals surface area contributed by atoms with Crippen molar-refractivity contribution in [3.63, 3.8) is 0 Å². The van der Waals surface area contributed by atoms with Gasteiger partial charge in [0.05, 0.1) is 38.1 Å². The predicted octanol–water partition coefficient (Wildman–Crippen LogP) is 0.147. The molecule has 3 unspecified atom stereocenters. The number of rotatable bonds is 9. The van der Waals surface area contributed by atoms with E-state index in [-0.39, 0.29) is 49.1 Å². The van der Waals surface area contributed by atoms with Crippen molar-refractivity contribution in [2.45, 2.75) is 75.3 Å². The molecule has 13 heteroatoms. The van der Waals surface area contributed by atoms with Crippen molar-refractivity contribution in [3.8, 4) is 11.9 Å². The molecular formula is C21H34N8O4S. The number of ether oxygens (including phenoxy) is 1. The van der Waals surface area contributed by atoms with Crippen molar-refractivity contribution < 1.29 is 18.3 Å². The number of hydrogen-bond donors (Lipinski definition) is 4. The van der Waals surface area contributed by atoms with E-state index in [9.17, 15) is 13.5 Å². The van der Waals surface area contributed by atoms with E-state index in [1.807, 2.05) is 18.0 Å². The molecule has 0 saturated carbocycles. The molecule has 188 valence electrons. The van der Waals surface area contributed by atoms with Gasteiger partial charge in [0.15, 0.2) is 0 Å². The van der Waals surface area contributed by atoms with Gasteiger partial charge in [-0.1, -0.05) is 6.42 Å². The Kier molecular flexibility index (Phi) is 7.73. The Labute approximate surface area is 200 Å². The summed E-state index contributed by atoms with van der Waals surface area (Å²) < 4.78 is 32.9. The summed E-state index contributed by atoms with van der Waals surface area (Å²) in [6.45, 7) is 0.0412. The molecule has 0 spiro atoms. The number of fused-ring (bicyclic) bond motifs is 2. The lowest BCUT2D eigenvalue weighted by molar-refractivity contribution is 0.109. The van der Waals surface area contributed by atoms with Crippen molar-refractivity contribution in [2.75, 3.05) is 36.7 Å². The van der Waals surface area contributed by atoms with Crippen LogP contribution < -0.4 is 25.8 Å². The lowest BCUT2D eigenvalue weighted by atomic mass is 9.83. The molecule has 3 aliphatic heterocycles. The van der Waals surface area contributed by atoms with Crippen LogP contribution in [-0.2, 0) is 10.0 Å². The van der Waals surface area contributed by atoms with Crippen molar-refractivity contribution in [3.05, 3.63) is 6.07 Å². The van der Waals surface area contributed by atoms with E-state index in [1.54, 1.807) is 17.5 Å². The molecule has 12 nitrogen and oxygen atoms in total. The van der Waals surface area contributed by atoms with Crippen LogP contribution in [0, 0.1) is 11.3 Å². The smallest absolute Gasteiger partial charge is 0.230 e. The lowest BCUT2D eigenvalue weighted by Gasteiger charge is -2.49. The Balaban J connectivity index is 1.50. The molecule has 3 aliphatic rings. The number of hydrazine groups is 1. The number of anilines is 2. The third-order valence-electron chi connectivity index (χ3n) is 6.96. The third-order valence-corrected chi connectivity index (χ3v) is 8.92. The number of nitrogens with one attached hydrogen (secondary N) is 3. The van der Waals surface area contributed by atoms with E-state index in [2.05, 4.69) is 21.2 Å². The highest BCUT2D eigenvalue weighted by Gasteiger charge is 2.45. The number of aliphatic hydroxyl groups excluding tert-OH is 1. The quantitative estimate of drug-likeness (QED) is 0.370. The maximum absolute atomic E-state index is 12.9. The molecule has 1 aromatic heterocycles. The summed E-state index contributed by atoms with van der Waals surface area (Å²) >= 11 is 0. The molecule has 0 aliphatic carbocycles. The summed E-state index contributed by atoms with van der Waals surface area (Å²) in [6, 6.07) is 3.59. The minimum Gasteiger partial charge on any atom is -0.481 e. The standard InChI is InChI=1S/C21H34N8O4S/c1-28(17-10-15-5-3-6-16(11-17)29(15)34(31,32)8-4-7-22)21-24-18(12-20(25-21)33-2)23-19-9-14(13-30)26-27-19/h12,14-17,19,26-27,30H,3-6,8-11,13H2,1-2H3,(H,23,24,25)/t14?,15-,16+,17?,19?. The van der Waals surface area contributed by atoms with E-state index in [0.717, 1.165) is 19.3 Å². The fourth-order valence-corrected chi connectivity index (χ4v) is 7.14. The Hall–Kier alpha value is -2.24. The van der Waals surface area contributed by atoms with E-state index in [1.165, 1.54) is 0 Å². The van der Waals surface area contributed by atoms with E-state index in [0.29, 0.717) is 36.9 Å². The van der Waals surface area contributed by atoms with Gasteiger partial charge in [-0.2, -0.15) is 19.5 Å². The van der Waals surface area contributed by atoms with Gasteiger partial charge in [0, 0.05) is 43.7 Å². The Morgan fingerprint density at radius 3 is 2.65 bits per heavy atom. The summed E-state index contributed by atoms with van der Waals surface area (Å²) in [7, 11) is 0.0423. The van der Waals surface area contributed by atoms with Gasteiger partial charge < -0.3 is 20.1 Å². The van der Waals surface area contributed by atoms with E-state index >= 15 is 0 Å². The van der Waals surface area contributed by atoms with Crippen molar-refractivity contribution in [2.24, 2.45) is 0 Å². The second-order valence-electron chi connectivity index (χ2n) is 9.23. The Morgan fingerprint density at radius 2 is 2.03 bits per heavy atom. The van der Waals surface area contributed by atoms with Crippen LogP contribution in [-0.4, -0.2) is 84.6 Å². The second kappa shape index (κ2) is 10.6. The number of nitrogens with zero attached hydrogens (tertiary/aromatic N) is 5. The summed E-state index contributed by atoms with van der Waals surface area (Å²) in [5.41, 5.74) is 6.12. The van der Waals surface area contributed by atoms with Crippen molar-refractivity contribution in [1.82, 2.24) is 25.1 Å². The third kappa shape index (κ3) is 5.36. The first-order valence-corrected chi connectivity index (χ1v) is 13.4. The molecule has 4 heterocycles. The van der Waals surface area contributed by atoms with Gasteiger partial charge in [-0.15, -0.1) is 0 Å². The number of aromatic nitrogens is 2. The largest absolute Gasteiger partial charge is 0.481 e. The molecule has 4 N–H and O–H groups in total. The first-order valence-electron chi connectivity index (χ1n) is 11.8. The highest BCUT2D eigenvalue weighted by atomic mass is 32.2. The maximum Gasteiger partial charge on any atom is 0.230 e. The van der Waals surface area contributed by atoms with E-state index < -0.39 is 10.0 Å². The normalized spacial score (nSPS) is 29.4. The average Bonchev–Trinajstić information content (AvgIpc) is 3.28. The number of nitriles is 1. The summed E-state index contributed by atoms with van der Waals surface area (Å²) in [4.78, 5) is 11.3. The fourth-order valence-electron chi connectivity index (χ4n) is 5.29. The molecule has 0 amide bonds. The van der Waals surface area contributed by atoms with Crippen LogP contribution >= 0.6 is 0 Å². The van der Waals surface area contributed by atoms with Crippen LogP contribution in [0.2, 0.25) is 0 Å². The van der Waals surface area contributed by atoms with Crippen molar-refractivity contribution in [1.29, 1.82) is 5.26 Å². The van der Waals surface area contributed by atoms with Gasteiger partial charge in [-0.05, 0) is 25.7 Å². The van der Waals surface area contributed by atoms with Crippen LogP contribution in [0.5, 0.6) is 5.88 Å². The molecule has 0 radical (unpaired) electrons. The maximum atomic E-state index is 12.9. The van der Waals surface area contributed by atoms with Crippen LogP contribution in [0.25, 0.3) is 0 Å². The van der Waals surface area contributed by atoms with Crippen molar-refractivity contribution >= 4 is 21.8 Å². The Bertz CT molecular complexity index is 989. The highest BCUT2D eigenvalue weighted by Crippen LogP contribution is 2.38. The monoisotopic (exact) mass is 494 g/mol. The lowest BCUT2D eigenvalue weighted by Crippen LogP contribution is -2.59. The number of piperidine rings is 2. The topological polar surface area (TPSA) is 156 Å². The molecule has 3 fully saturated rings. The highest BCUT2D eigenvalue weighted by molar-refractivity contribution is 7.89. The van der Waals surface area contributed by atoms with Gasteiger partial charge in [0.2, 0.25) is 21.9 Å². The van der Waals surface area contributed by atoms with Gasteiger partial charge in [0.1, 0.15) is 5.82 Å². The number of hydrogen-bond acceptors (Lipinski definition) is 11. The van der Waals surface area contributed by atoms with Crippen LogP contribution in [0.4, 0.5) is 11.8 Å². The number of sulfonamides is 1. The van der Waals surface area contributed by atoms with Gasteiger partial charge in [-0.25, -0.2) is 13.8 Å². The minimum absolute atomic E-state index is 0.0133. The Morgan fingerprint density at radius 1 is 1.29 bits per heavy atom. The van der Waals surface area contributed by atoms with Crippen LogP contribution in [0.15, 0.2) is 6.07 Å². The van der Waals surface area contributed by atoms with Crippen LogP contribution in [0.3, 0.4) is 0 Å². The first-order chi connectivity index (χ1) is 16.3. The molecular weight excluding hydrogens is 460 g/mol. The van der Waals surface area contributed by atoms with Gasteiger partial charge in [0.25, 0.3) is 0 Å². The second-order valence-corrected chi connectivity index (χ2v) is 11.2. The molecule has 0 aromatic carbocycles. The molecule has 5 atom stereocenters. The zero-order chi connectivity index (χ0) is 24.3. The summed E-state index contributed by atoms with van der Waals surface area (Å²) in [6.07, 6.45) is 4.64. The zero-order valence-corrected chi connectivity index (χ0v) is 20.5. The zero-order valence-electron chi connectivity index (χ0n) is 19.6. The predicted molar refractivity (Wildman–Crippen MR) is 126 cm³/mol. The average molecular weight is 495 g/mol. The summed E-state index contributed by atoms with van der Waals surface area (Å²) in [5.74, 6) is 1.42. The molecule has 3 saturated heterocycles. The molecule has 4 rings (SSSR count). The summed E-state index contributed by atoms with van der Waals surface area (Å²) in [5, 5.41) is 21.5. The molecule has 34 heavy (non-hydrogen) atoms. The SMILES string of the molecule is COc1cc(NC2CC(CO)NN2)nc(N(C)C2C[C@H]3CCC[C@@H](C2)N3S(=O)(=O)CCC#N)n1. The number of aliphatic hydroxyl groups is 1. The molecule has 2 bridgehead atoms. The van der Waals surface area contributed by atoms with Gasteiger partial charge in [-0.3, -0.25) is 5.43 Å². The minimum atomic E-state index is -3.46. The van der Waals surface area contributed by atoms with Crippen LogP contribution in [0.1, 0.15) is 44.9 Å².